The van der Waals surface area contributed by atoms with Crippen molar-refractivity contribution >= 4 is 5.97 Å². The number of ether oxygens (including phenoxy) is 2. The fourth-order valence-electron chi connectivity index (χ4n) is 1.10. The van der Waals surface area contributed by atoms with Gasteiger partial charge in [-0.25, -0.2) is 9.97 Å². The summed E-state index contributed by atoms with van der Waals surface area (Å²) in [5.41, 5.74) is 0.627. The Bertz CT molecular complexity index is 328. The normalized spacial score (nSPS) is 11.9. The van der Waals surface area contributed by atoms with Crippen LogP contribution in [-0.4, -0.2) is 30.2 Å². The zero-order valence-electron chi connectivity index (χ0n) is 8.35. The summed E-state index contributed by atoms with van der Waals surface area (Å²) < 4.78 is 9.62. The standard InChI is InChI=1S/C9H12N2O3/c1-6(9(12)14-3)7-4-10-5-11-8(7)13-2/h4-6H,1-3H3/t6-/m0/s1. The van der Waals surface area contributed by atoms with Gasteiger partial charge < -0.3 is 9.47 Å². The minimum Gasteiger partial charge on any atom is -0.481 e. The first-order valence-corrected chi connectivity index (χ1v) is 4.12. The van der Waals surface area contributed by atoms with Crippen LogP contribution < -0.4 is 4.74 Å². The molecule has 0 aliphatic carbocycles. The summed E-state index contributed by atoms with van der Waals surface area (Å²) in [4.78, 5) is 19.0. The molecule has 0 aliphatic heterocycles. The van der Waals surface area contributed by atoms with Crippen molar-refractivity contribution in [2.75, 3.05) is 14.2 Å². The Kier molecular flexibility index (Phi) is 3.39. The largest absolute Gasteiger partial charge is 0.481 e. The molecule has 0 unspecified atom stereocenters. The fourth-order valence-corrected chi connectivity index (χ4v) is 1.10. The van der Waals surface area contributed by atoms with Crippen LogP contribution in [0, 0.1) is 0 Å². The van der Waals surface area contributed by atoms with Crippen molar-refractivity contribution in [2.24, 2.45) is 0 Å². The van der Waals surface area contributed by atoms with E-state index in [1.54, 1.807) is 13.1 Å². The Labute approximate surface area is 82.1 Å². The highest BCUT2D eigenvalue weighted by Gasteiger charge is 2.20. The van der Waals surface area contributed by atoms with Crippen LogP contribution in [0.2, 0.25) is 0 Å². The molecule has 0 radical (unpaired) electrons. The maximum Gasteiger partial charge on any atom is 0.313 e. The van der Waals surface area contributed by atoms with Crippen molar-refractivity contribution in [2.45, 2.75) is 12.8 Å². The lowest BCUT2D eigenvalue weighted by molar-refractivity contribution is -0.142. The average Bonchev–Trinajstić information content (AvgIpc) is 2.26. The number of hydrogen-bond acceptors (Lipinski definition) is 5. The second-order valence-corrected chi connectivity index (χ2v) is 2.73. The summed E-state index contributed by atoms with van der Waals surface area (Å²) in [5.74, 6) is -0.354. The predicted octanol–water partition coefficient (Wildman–Crippen LogP) is 0.762. The van der Waals surface area contributed by atoms with Gasteiger partial charge in [0.2, 0.25) is 5.88 Å². The Morgan fingerprint density at radius 2 is 2.21 bits per heavy atom. The number of nitrogens with zero attached hydrogens (tertiary/aromatic N) is 2. The van der Waals surface area contributed by atoms with E-state index in [2.05, 4.69) is 14.7 Å². The maximum atomic E-state index is 11.2. The quantitative estimate of drug-likeness (QED) is 0.668. The van der Waals surface area contributed by atoms with E-state index in [0.717, 1.165) is 0 Å². The molecule has 0 fully saturated rings. The Morgan fingerprint density at radius 3 is 2.79 bits per heavy atom. The zero-order valence-corrected chi connectivity index (χ0v) is 8.35. The molecule has 5 nitrogen and oxygen atoms in total. The fraction of sp³-hybridized carbons (Fsp3) is 0.444. The monoisotopic (exact) mass is 196 g/mol. The van der Waals surface area contributed by atoms with E-state index in [0.29, 0.717) is 11.4 Å². The lowest BCUT2D eigenvalue weighted by Crippen LogP contribution is -2.12. The van der Waals surface area contributed by atoms with Gasteiger partial charge in [0.15, 0.2) is 0 Å². The summed E-state index contributed by atoms with van der Waals surface area (Å²) in [6.07, 6.45) is 2.92. The van der Waals surface area contributed by atoms with E-state index in [1.165, 1.54) is 20.5 Å². The molecule has 0 aromatic carbocycles. The van der Waals surface area contributed by atoms with Crippen molar-refractivity contribution in [3.05, 3.63) is 18.1 Å². The lowest BCUT2D eigenvalue weighted by Gasteiger charge is -2.11. The van der Waals surface area contributed by atoms with Crippen molar-refractivity contribution in [1.29, 1.82) is 0 Å². The van der Waals surface area contributed by atoms with E-state index in [4.69, 9.17) is 4.74 Å². The molecule has 0 saturated heterocycles. The topological polar surface area (TPSA) is 61.3 Å². The van der Waals surface area contributed by atoms with Crippen LogP contribution in [0.25, 0.3) is 0 Å². The number of carbonyl (C=O) groups is 1. The zero-order chi connectivity index (χ0) is 10.6. The summed E-state index contributed by atoms with van der Waals surface area (Å²) in [6, 6.07) is 0. The number of esters is 1. The van der Waals surface area contributed by atoms with E-state index in [1.807, 2.05) is 0 Å². The van der Waals surface area contributed by atoms with Crippen LogP contribution in [0.1, 0.15) is 18.4 Å². The number of rotatable bonds is 3. The van der Waals surface area contributed by atoms with Gasteiger partial charge in [-0.15, -0.1) is 0 Å². The van der Waals surface area contributed by atoms with Crippen LogP contribution in [0.5, 0.6) is 5.88 Å². The second-order valence-electron chi connectivity index (χ2n) is 2.73. The van der Waals surface area contributed by atoms with Gasteiger partial charge in [-0.3, -0.25) is 4.79 Å². The van der Waals surface area contributed by atoms with Gasteiger partial charge in [0, 0.05) is 11.8 Å². The number of carbonyl (C=O) groups excluding carboxylic acids is 1. The van der Waals surface area contributed by atoms with Gasteiger partial charge in [0.1, 0.15) is 6.33 Å². The molecule has 1 rings (SSSR count). The van der Waals surface area contributed by atoms with Gasteiger partial charge >= 0.3 is 5.97 Å². The predicted molar refractivity (Wildman–Crippen MR) is 49.0 cm³/mol. The minimum atomic E-state index is -0.420. The van der Waals surface area contributed by atoms with Crippen LogP contribution >= 0.6 is 0 Å². The molecule has 0 N–H and O–H groups in total. The third-order valence-corrected chi connectivity index (χ3v) is 1.92. The molecular weight excluding hydrogens is 184 g/mol. The van der Waals surface area contributed by atoms with Gasteiger partial charge in [0.05, 0.1) is 20.1 Å². The molecule has 0 amide bonds. The van der Waals surface area contributed by atoms with Crippen molar-refractivity contribution in [3.63, 3.8) is 0 Å². The van der Waals surface area contributed by atoms with Gasteiger partial charge in [-0.1, -0.05) is 0 Å². The molecule has 0 spiro atoms. The first-order chi connectivity index (χ1) is 6.70. The van der Waals surface area contributed by atoms with E-state index >= 15 is 0 Å². The summed E-state index contributed by atoms with van der Waals surface area (Å²) in [5, 5.41) is 0. The summed E-state index contributed by atoms with van der Waals surface area (Å²) in [6.45, 7) is 1.72. The molecular formula is C9H12N2O3. The number of methoxy groups -OCH3 is 2. The van der Waals surface area contributed by atoms with Crippen molar-refractivity contribution in [1.82, 2.24) is 9.97 Å². The van der Waals surface area contributed by atoms with Gasteiger partial charge in [-0.05, 0) is 6.92 Å². The lowest BCUT2D eigenvalue weighted by atomic mass is 10.1. The van der Waals surface area contributed by atoms with Crippen molar-refractivity contribution in [3.8, 4) is 5.88 Å². The molecule has 1 aromatic heterocycles. The molecule has 76 valence electrons. The van der Waals surface area contributed by atoms with E-state index in [9.17, 15) is 4.79 Å². The molecule has 1 atom stereocenters. The van der Waals surface area contributed by atoms with E-state index in [-0.39, 0.29) is 5.97 Å². The maximum absolute atomic E-state index is 11.2. The summed E-state index contributed by atoms with van der Waals surface area (Å²) >= 11 is 0. The molecule has 0 saturated carbocycles. The number of hydrogen-bond donors (Lipinski definition) is 0. The first-order valence-electron chi connectivity index (χ1n) is 4.12. The molecule has 1 aromatic rings. The van der Waals surface area contributed by atoms with Crippen LogP contribution in [-0.2, 0) is 9.53 Å². The SMILES string of the molecule is COC(=O)[C@@H](C)c1cncnc1OC. The van der Waals surface area contributed by atoms with Crippen LogP contribution in [0.4, 0.5) is 0 Å². The van der Waals surface area contributed by atoms with E-state index < -0.39 is 5.92 Å². The Hall–Kier alpha value is -1.65. The van der Waals surface area contributed by atoms with Crippen LogP contribution in [0.3, 0.4) is 0 Å². The Balaban J connectivity index is 2.99. The summed E-state index contributed by atoms with van der Waals surface area (Å²) in [7, 11) is 2.84. The highest BCUT2D eigenvalue weighted by molar-refractivity contribution is 5.78. The van der Waals surface area contributed by atoms with Crippen molar-refractivity contribution < 1.29 is 14.3 Å². The smallest absolute Gasteiger partial charge is 0.313 e. The third kappa shape index (κ3) is 1.99. The minimum absolute atomic E-state index is 0.335. The molecule has 1 heterocycles. The molecule has 5 heteroatoms. The van der Waals surface area contributed by atoms with Gasteiger partial charge in [0.25, 0.3) is 0 Å². The first kappa shape index (κ1) is 10.4. The molecule has 0 aliphatic rings. The van der Waals surface area contributed by atoms with Crippen LogP contribution in [0.15, 0.2) is 12.5 Å². The second kappa shape index (κ2) is 4.55. The number of aromatic nitrogens is 2. The highest BCUT2D eigenvalue weighted by Crippen LogP contribution is 2.23. The molecule has 0 bridgehead atoms. The Morgan fingerprint density at radius 1 is 1.50 bits per heavy atom. The van der Waals surface area contributed by atoms with Gasteiger partial charge in [-0.2, -0.15) is 0 Å². The average molecular weight is 196 g/mol. The molecule has 14 heavy (non-hydrogen) atoms. The highest BCUT2D eigenvalue weighted by atomic mass is 16.5. The third-order valence-electron chi connectivity index (χ3n) is 1.92.